The van der Waals surface area contributed by atoms with Gasteiger partial charge in [-0.2, -0.15) is 28.1 Å². The second-order valence-electron chi connectivity index (χ2n) is 6.17. The van der Waals surface area contributed by atoms with Crippen LogP contribution in [0.4, 0.5) is 35.1 Å². The summed E-state index contributed by atoms with van der Waals surface area (Å²) in [5.41, 5.74) is -0.737. The van der Waals surface area contributed by atoms with Crippen molar-refractivity contribution in [3.05, 3.63) is 54.1 Å². The molecule has 10 heteroatoms. The molecule has 0 aliphatic rings. The van der Waals surface area contributed by atoms with E-state index in [-0.39, 0.29) is 35.0 Å². The van der Waals surface area contributed by atoms with Crippen molar-refractivity contribution in [3.63, 3.8) is 0 Å². The number of anilines is 3. The third kappa shape index (κ3) is 4.70. The number of alkyl halides is 3. The topological polar surface area (TPSA) is 75.6 Å². The number of halogens is 4. The van der Waals surface area contributed by atoms with E-state index in [0.29, 0.717) is 0 Å². The van der Waals surface area contributed by atoms with E-state index in [1.54, 1.807) is 6.07 Å². The van der Waals surface area contributed by atoms with E-state index in [4.69, 9.17) is 0 Å². The average molecular weight is 392 g/mol. The van der Waals surface area contributed by atoms with Crippen molar-refractivity contribution in [1.29, 1.82) is 0 Å². The van der Waals surface area contributed by atoms with Crippen molar-refractivity contribution in [3.8, 4) is 11.4 Å². The normalized spacial score (nSPS) is 11.5. The first-order valence-corrected chi connectivity index (χ1v) is 8.29. The minimum atomic E-state index is -4.54. The summed E-state index contributed by atoms with van der Waals surface area (Å²) < 4.78 is 52.8. The summed E-state index contributed by atoms with van der Waals surface area (Å²) in [4.78, 5) is 16.1. The summed E-state index contributed by atoms with van der Waals surface area (Å²) in [6.07, 6.45) is -2.61. The van der Waals surface area contributed by atoms with Crippen molar-refractivity contribution in [2.45, 2.75) is 26.1 Å². The van der Waals surface area contributed by atoms with E-state index in [2.05, 4.69) is 30.6 Å². The zero-order valence-electron chi connectivity index (χ0n) is 14.9. The van der Waals surface area contributed by atoms with Gasteiger partial charge in [0.15, 0.2) is 5.82 Å². The molecule has 0 saturated carbocycles. The first kappa shape index (κ1) is 19.5. The van der Waals surface area contributed by atoms with Gasteiger partial charge in [-0.05, 0) is 32.0 Å². The van der Waals surface area contributed by atoms with Crippen LogP contribution in [0, 0.1) is 5.82 Å². The molecule has 6 nitrogen and oxygen atoms in total. The molecule has 0 atom stereocenters. The highest BCUT2D eigenvalue weighted by molar-refractivity contribution is 5.61. The Balaban J connectivity index is 2.01. The van der Waals surface area contributed by atoms with Crippen LogP contribution in [-0.4, -0.2) is 26.0 Å². The highest BCUT2D eigenvalue weighted by atomic mass is 19.4. The molecule has 0 amide bonds. The molecule has 28 heavy (non-hydrogen) atoms. The molecule has 0 spiro atoms. The fourth-order valence-electron chi connectivity index (χ4n) is 2.31. The Bertz CT molecular complexity index is 974. The van der Waals surface area contributed by atoms with Crippen molar-refractivity contribution in [2.24, 2.45) is 0 Å². The molecule has 146 valence electrons. The number of hydrogen-bond donors (Lipinski definition) is 2. The predicted octanol–water partition coefficient (Wildman–Crippen LogP) is 4.66. The van der Waals surface area contributed by atoms with E-state index in [0.717, 1.165) is 12.3 Å². The van der Waals surface area contributed by atoms with E-state index in [9.17, 15) is 17.6 Å². The first-order valence-electron chi connectivity index (χ1n) is 8.29. The summed E-state index contributed by atoms with van der Waals surface area (Å²) in [5.74, 6) is -0.377. The van der Waals surface area contributed by atoms with Crippen LogP contribution in [0.25, 0.3) is 11.4 Å². The lowest BCUT2D eigenvalue weighted by Crippen LogP contribution is -2.15. The number of benzene rings is 1. The minimum Gasteiger partial charge on any atom is -0.352 e. The quantitative estimate of drug-likeness (QED) is 0.616. The maximum absolute atomic E-state index is 14.1. The van der Waals surface area contributed by atoms with Crippen LogP contribution in [0.1, 0.15) is 19.4 Å². The SMILES string of the molecule is CC(C)Nc1nc(Nc2cncc(C(F)(F)F)c2)nc(-c2ccccc2F)n1. The van der Waals surface area contributed by atoms with Crippen LogP contribution >= 0.6 is 0 Å². The monoisotopic (exact) mass is 392 g/mol. The fraction of sp³-hybridized carbons (Fsp3) is 0.222. The first-order chi connectivity index (χ1) is 13.2. The molecule has 3 rings (SSSR count). The van der Waals surface area contributed by atoms with Crippen molar-refractivity contribution in [1.82, 2.24) is 19.9 Å². The summed E-state index contributed by atoms with van der Waals surface area (Å²) in [5, 5.41) is 5.65. The second-order valence-corrected chi connectivity index (χ2v) is 6.17. The average Bonchev–Trinajstić information content (AvgIpc) is 2.61. The lowest BCUT2D eigenvalue weighted by molar-refractivity contribution is -0.137. The number of nitrogens with one attached hydrogen (secondary N) is 2. The lowest BCUT2D eigenvalue weighted by Gasteiger charge is -2.13. The third-order valence-corrected chi connectivity index (χ3v) is 3.49. The third-order valence-electron chi connectivity index (χ3n) is 3.49. The molecular formula is C18H16F4N6. The van der Waals surface area contributed by atoms with Crippen LogP contribution < -0.4 is 10.6 Å². The van der Waals surface area contributed by atoms with Gasteiger partial charge in [0.1, 0.15) is 5.82 Å². The van der Waals surface area contributed by atoms with Crippen LogP contribution in [0.3, 0.4) is 0 Å². The van der Waals surface area contributed by atoms with Gasteiger partial charge in [-0.1, -0.05) is 12.1 Å². The molecule has 3 aromatic rings. The molecule has 0 aliphatic heterocycles. The van der Waals surface area contributed by atoms with Gasteiger partial charge in [-0.25, -0.2) is 4.39 Å². The molecule has 2 N–H and O–H groups in total. The standard InChI is InChI=1S/C18H16F4N6/c1-10(2)24-16-26-15(13-5-3-4-6-14(13)19)27-17(28-16)25-12-7-11(8-23-9-12)18(20,21)22/h3-10H,1-2H3,(H2,24,25,26,27,28). The molecule has 0 fully saturated rings. The molecule has 0 unspecified atom stereocenters. The van der Waals surface area contributed by atoms with Gasteiger partial charge >= 0.3 is 6.18 Å². The summed E-state index contributed by atoms with van der Waals surface area (Å²) in [7, 11) is 0. The van der Waals surface area contributed by atoms with Crippen LogP contribution in [0.2, 0.25) is 0 Å². The van der Waals surface area contributed by atoms with E-state index in [1.807, 2.05) is 13.8 Å². The zero-order chi connectivity index (χ0) is 20.3. The molecular weight excluding hydrogens is 376 g/mol. The van der Waals surface area contributed by atoms with Crippen LogP contribution in [0.15, 0.2) is 42.7 Å². The van der Waals surface area contributed by atoms with Gasteiger partial charge < -0.3 is 10.6 Å². The minimum absolute atomic E-state index is 0.0288. The molecule has 0 saturated heterocycles. The van der Waals surface area contributed by atoms with Gasteiger partial charge in [-0.3, -0.25) is 4.98 Å². The Kier molecular flexibility index (Phi) is 5.39. The van der Waals surface area contributed by atoms with Crippen LogP contribution in [0.5, 0.6) is 0 Å². The number of pyridine rings is 1. The maximum Gasteiger partial charge on any atom is 0.417 e. The summed E-state index contributed by atoms with van der Waals surface area (Å²) in [6.45, 7) is 3.72. The highest BCUT2D eigenvalue weighted by Gasteiger charge is 2.31. The Labute approximate surface area is 158 Å². The molecule has 1 aromatic carbocycles. The van der Waals surface area contributed by atoms with Gasteiger partial charge in [0.05, 0.1) is 23.0 Å². The van der Waals surface area contributed by atoms with Crippen molar-refractivity contribution >= 4 is 17.6 Å². The summed E-state index contributed by atoms with van der Waals surface area (Å²) in [6, 6.07) is 6.77. The van der Waals surface area contributed by atoms with Crippen molar-refractivity contribution < 1.29 is 17.6 Å². The molecule has 0 radical (unpaired) electrons. The lowest BCUT2D eigenvalue weighted by atomic mass is 10.2. The van der Waals surface area contributed by atoms with Gasteiger partial charge in [-0.15, -0.1) is 0 Å². The zero-order valence-corrected chi connectivity index (χ0v) is 14.9. The largest absolute Gasteiger partial charge is 0.417 e. The van der Waals surface area contributed by atoms with E-state index >= 15 is 0 Å². The maximum atomic E-state index is 14.1. The number of aromatic nitrogens is 4. The van der Waals surface area contributed by atoms with E-state index < -0.39 is 17.6 Å². The Morgan fingerprint density at radius 3 is 2.36 bits per heavy atom. The highest BCUT2D eigenvalue weighted by Crippen LogP contribution is 2.30. The molecule has 0 aliphatic carbocycles. The Morgan fingerprint density at radius 2 is 1.68 bits per heavy atom. The number of nitrogens with zero attached hydrogens (tertiary/aromatic N) is 4. The van der Waals surface area contributed by atoms with Gasteiger partial charge in [0.25, 0.3) is 0 Å². The predicted molar refractivity (Wildman–Crippen MR) is 96.5 cm³/mol. The number of hydrogen-bond acceptors (Lipinski definition) is 6. The molecule has 2 aromatic heterocycles. The molecule has 0 bridgehead atoms. The second kappa shape index (κ2) is 7.75. The Hall–Kier alpha value is -3.30. The molecule has 2 heterocycles. The van der Waals surface area contributed by atoms with Gasteiger partial charge in [0, 0.05) is 12.2 Å². The van der Waals surface area contributed by atoms with Gasteiger partial charge in [0.2, 0.25) is 11.9 Å². The number of rotatable bonds is 5. The fourth-order valence-corrected chi connectivity index (χ4v) is 2.31. The smallest absolute Gasteiger partial charge is 0.352 e. The summed E-state index contributed by atoms with van der Waals surface area (Å²) >= 11 is 0. The Morgan fingerprint density at radius 1 is 0.964 bits per heavy atom. The van der Waals surface area contributed by atoms with Crippen LogP contribution in [-0.2, 0) is 6.18 Å². The van der Waals surface area contributed by atoms with E-state index in [1.165, 1.54) is 24.4 Å². The van der Waals surface area contributed by atoms with Crippen molar-refractivity contribution in [2.75, 3.05) is 10.6 Å².